The molecule has 0 saturated heterocycles. The summed E-state index contributed by atoms with van der Waals surface area (Å²) >= 11 is 1.73. The summed E-state index contributed by atoms with van der Waals surface area (Å²) in [4.78, 5) is 1.21. The first kappa shape index (κ1) is 12.1. The van der Waals surface area contributed by atoms with Gasteiger partial charge in [-0.05, 0) is 48.6 Å². The average molecular weight is 238 g/mol. The van der Waals surface area contributed by atoms with Gasteiger partial charge in [0.1, 0.15) is 5.60 Å². The highest BCUT2D eigenvalue weighted by Crippen LogP contribution is 2.47. The molecule has 1 aromatic heterocycles. The van der Waals surface area contributed by atoms with Gasteiger partial charge in [-0.3, -0.25) is 0 Å². The van der Waals surface area contributed by atoms with E-state index in [4.69, 9.17) is 0 Å². The molecule has 16 heavy (non-hydrogen) atoms. The fourth-order valence-electron chi connectivity index (χ4n) is 3.17. The van der Waals surface area contributed by atoms with Crippen LogP contribution in [0.1, 0.15) is 50.0 Å². The van der Waals surface area contributed by atoms with E-state index in [-0.39, 0.29) is 0 Å². The van der Waals surface area contributed by atoms with E-state index < -0.39 is 5.60 Å². The van der Waals surface area contributed by atoms with Crippen LogP contribution in [0.2, 0.25) is 0 Å². The third-order valence-corrected chi connectivity index (χ3v) is 5.18. The van der Waals surface area contributed by atoms with Gasteiger partial charge in [-0.1, -0.05) is 26.7 Å². The first-order valence-electron chi connectivity index (χ1n) is 6.32. The standard InChI is InChI=1S/C14H22OS/c1-10(2)12-6-4-5-8-14(12,15)13-11(3)7-9-16-13/h7,9-10,12,15H,4-6,8H2,1-3H3. The Labute approximate surface area is 103 Å². The van der Waals surface area contributed by atoms with E-state index in [0.717, 1.165) is 12.8 Å². The van der Waals surface area contributed by atoms with Crippen molar-refractivity contribution in [1.29, 1.82) is 0 Å². The smallest absolute Gasteiger partial charge is 0.102 e. The van der Waals surface area contributed by atoms with Gasteiger partial charge in [0.15, 0.2) is 0 Å². The molecule has 0 bridgehead atoms. The molecule has 1 saturated carbocycles. The lowest BCUT2D eigenvalue weighted by molar-refractivity contribution is -0.0696. The van der Waals surface area contributed by atoms with Gasteiger partial charge in [-0.15, -0.1) is 11.3 Å². The molecule has 2 unspecified atom stereocenters. The molecule has 1 aromatic rings. The lowest BCUT2D eigenvalue weighted by Crippen LogP contribution is -2.40. The molecule has 2 rings (SSSR count). The lowest BCUT2D eigenvalue weighted by atomic mass is 9.69. The molecule has 0 spiro atoms. The van der Waals surface area contributed by atoms with Crippen LogP contribution in [-0.4, -0.2) is 5.11 Å². The van der Waals surface area contributed by atoms with Crippen molar-refractivity contribution in [2.75, 3.05) is 0 Å². The Hall–Kier alpha value is -0.340. The molecule has 0 amide bonds. The fraction of sp³-hybridized carbons (Fsp3) is 0.714. The number of hydrogen-bond acceptors (Lipinski definition) is 2. The molecule has 2 atom stereocenters. The lowest BCUT2D eigenvalue weighted by Gasteiger charge is -2.42. The van der Waals surface area contributed by atoms with E-state index in [9.17, 15) is 5.11 Å². The van der Waals surface area contributed by atoms with Gasteiger partial charge in [0, 0.05) is 4.88 Å². The highest BCUT2D eigenvalue weighted by molar-refractivity contribution is 7.10. The van der Waals surface area contributed by atoms with Crippen LogP contribution in [0.15, 0.2) is 11.4 Å². The van der Waals surface area contributed by atoms with Crippen LogP contribution in [0.25, 0.3) is 0 Å². The Bertz CT molecular complexity index is 355. The zero-order valence-corrected chi connectivity index (χ0v) is 11.3. The summed E-state index contributed by atoms with van der Waals surface area (Å²) in [6.45, 7) is 6.60. The van der Waals surface area contributed by atoms with Crippen molar-refractivity contribution in [2.45, 2.75) is 52.1 Å². The normalized spacial score (nSPS) is 30.9. The zero-order valence-electron chi connectivity index (χ0n) is 10.5. The molecule has 0 aliphatic heterocycles. The zero-order chi connectivity index (χ0) is 11.8. The Morgan fingerprint density at radius 2 is 2.19 bits per heavy atom. The van der Waals surface area contributed by atoms with Crippen LogP contribution in [-0.2, 0) is 5.60 Å². The van der Waals surface area contributed by atoms with E-state index in [1.54, 1.807) is 11.3 Å². The van der Waals surface area contributed by atoms with Crippen molar-refractivity contribution >= 4 is 11.3 Å². The molecule has 2 heteroatoms. The van der Waals surface area contributed by atoms with E-state index in [2.05, 4.69) is 32.2 Å². The quantitative estimate of drug-likeness (QED) is 0.822. The summed E-state index contributed by atoms with van der Waals surface area (Å²) in [5, 5.41) is 13.2. The Balaban J connectivity index is 2.37. The Kier molecular flexibility index (Phi) is 3.41. The van der Waals surface area contributed by atoms with Crippen LogP contribution < -0.4 is 0 Å². The molecule has 1 N–H and O–H groups in total. The highest BCUT2D eigenvalue weighted by atomic mass is 32.1. The van der Waals surface area contributed by atoms with Crippen molar-refractivity contribution in [3.63, 3.8) is 0 Å². The van der Waals surface area contributed by atoms with Gasteiger partial charge in [-0.2, -0.15) is 0 Å². The summed E-state index contributed by atoms with van der Waals surface area (Å²) in [5.74, 6) is 0.991. The average Bonchev–Trinajstić information content (AvgIpc) is 2.65. The minimum Gasteiger partial charge on any atom is -0.384 e. The van der Waals surface area contributed by atoms with Crippen LogP contribution in [0.3, 0.4) is 0 Å². The van der Waals surface area contributed by atoms with E-state index >= 15 is 0 Å². The maximum atomic E-state index is 11.1. The Morgan fingerprint density at radius 3 is 2.75 bits per heavy atom. The molecular weight excluding hydrogens is 216 g/mol. The Morgan fingerprint density at radius 1 is 1.44 bits per heavy atom. The third-order valence-electron chi connectivity index (χ3n) is 4.00. The van der Waals surface area contributed by atoms with Gasteiger partial charge < -0.3 is 5.11 Å². The van der Waals surface area contributed by atoms with Crippen molar-refractivity contribution in [3.8, 4) is 0 Å². The number of rotatable bonds is 2. The number of hydrogen-bond donors (Lipinski definition) is 1. The first-order valence-corrected chi connectivity index (χ1v) is 7.20. The molecule has 1 fully saturated rings. The summed E-state index contributed by atoms with van der Waals surface area (Å²) in [7, 11) is 0. The van der Waals surface area contributed by atoms with Gasteiger partial charge in [0.2, 0.25) is 0 Å². The van der Waals surface area contributed by atoms with Crippen molar-refractivity contribution in [3.05, 3.63) is 21.9 Å². The molecular formula is C14H22OS. The highest BCUT2D eigenvalue weighted by Gasteiger charge is 2.43. The van der Waals surface area contributed by atoms with Gasteiger partial charge in [0.05, 0.1) is 0 Å². The third kappa shape index (κ3) is 1.93. The van der Waals surface area contributed by atoms with Gasteiger partial charge in [0.25, 0.3) is 0 Å². The maximum Gasteiger partial charge on any atom is 0.102 e. The van der Waals surface area contributed by atoms with Crippen LogP contribution in [0.4, 0.5) is 0 Å². The SMILES string of the molecule is Cc1ccsc1C1(O)CCCCC1C(C)C. The molecule has 1 aliphatic carbocycles. The van der Waals surface area contributed by atoms with Crippen LogP contribution in [0.5, 0.6) is 0 Å². The van der Waals surface area contributed by atoms with E-state index in [1.165, 1.54) is 23.3 Å². The largest absolute Gasteiger partial charge is 0.384 e. The van der Waals surface area contributed by atoms with Crippen molar-refractivity contribution < 1.29 is 5.11 Å². The molecule has 1 heterocycles. The minimum atomic E-state index is -0.551. The van der Waals surface area contributed by atoms with Crippen molar-refractivity contribution in [1.82, 2.24) is 0 Å². The first-order chi connectivity index (χ1) is 7.55. The molecule has 0 radical (unpaired) electrons. The molecule has 90 valence electrons. The summed E-state index contributed by atoms with van der Waals surface area (Å²) < 4.78 is 0. The number of aryl methyl sites for hydroxylation is 1. The van der Waals surface area contributed by atoms with Crippen LogP contribution >= 0.6 is 11.3 Å². The molecule has 1 aliphatic rings. The minimum absolute atomic E-state index is 0.429. The maximum absolute atomic E-state index is 11.1. The van der Waals surface area contributed by atoms with Crippen LogP contribution in [0, 0.1) is 18.8 Å². The second kappa shape index (κ2) is 4.50. The van der Waals surface area contributed by atoms with Gasteiger partial charge >= 0.3 is 0 Å². The monoisotopic (exact) mass is 238 g/mol. The predicted molar refractivity (Wildman–Crippen MR) is 69.7 cm³/mol. The summed E-state index contributed by atoms with van der Waals surface area (Å²) in [6.07, 6.45) is 4.55. The van der Waals surface area contributed by atoms with Crippen molar-refractivity contribution in [2.24, 2.45) is 11.8 Å². The summed E-state index contributed by atoms with van der Waals surface area (Å²) in [6, 6.07) is 2.13. The summed E-state index contributed by atoms with van der Waals surface area (Å²) in [5.41, 5.74) is 0.713. The predicted octanol–water partition coefficient (Wildman–Crippen LogP) is 4.09. The molecule has 1 nitrogen and oxygen atoms in total. The number of aliphatic hydroxyl groups is 1. The molecule has 0 aromatic carbocycles. The second-order valence-corrected chi connectivity index (χ2v) is 6.37. The topological polar surface area (TPSA) is 20.2 Å². The van der Waals surface area contributed by atoms with E-state index in [1.807, 2.05) is 0 Å². The van der Waals surface area contributed by atoms with E-state index in [0.29, 0.717) is 11.8 Å². The fourth-order valence-corrected chi connectivity index (χ4v) is 4.29. The second-order valence-electron chi connectivity index (χ2n) is 5.45. The van der Waals surface area contributed by atoms with Gasteiger partial charge in [-0.25, -0.2) is 0 Å². The number of thiophene rings is 1.